The molecule has 0 N–H and O–H groups in total. The van der Waals surface area contributed by atoms with Crippen molar-refractivity contribution in [2.24, 2.45) is 7.05 Å². The molecule has 0 unspecified atom stereocenters. The minimum Gasteiger partial charge on any atom is -0.489 e. The summed E-state index contributed by atoms with van der Waals surface area (Å²) >= 11 is 0. The summed E-state index contributed by atoms with van der Waals surface area (Å²) < 4.78 is 7.08. The number of pyridine rings is 1. The lowest BCUT2D eigenvalue weighted by Gasteiger charge is -2.10. The van der Waals surface area contributed by atoms with E-state index in [1.54, 1.807) is 17.7 Å². The van der Waals surface area contributed by atoms with Gasteiger partial charge in [-0.3, -0.25) is 4.79 Å². The molecule has 0 spiro atoms. The molecule has 0 aliphatic carbocycles. The van der Waals surface area contributed by atoms with Gasteiger partial charge in [-0.1, -0.05) is 24.8 Å². The van der Waals surface area contributed by atoms with Crippen LogP contribution in [0.15, 0.2) is 47.8 Å². The van der Waals surface area contributed by atoms with Crippen LogP contribution >= 0.6 is 0 Å². The van der Waals surface area contributed by atoms with E-state index in [1.165, 1.54) is 6.07 Å². The highest BCUT2D eigenvalue weighted by Gasteiger charge is 2.05. The molecular formula is C13H13NO2. The van der Waals surface area contributed by atoms with Crippen LogP contribution < -0.4 is 10.3 Å². The summed E-state index contributed by atoms with van der Waals surface area (Å²) in [6.07, 6.45) is 1.66. The maximum Gasteiger partial charge on any atom is 0.254 e. The zero-order valence-corrected chi connectivity index (χ0v) is 9.14. The molecule has 3 heteroatoms. The van der Waals surface area contributed by atoms with Gasteiger partial charge in [-0.15, -0.1) is 0 Å². The molecule has 1 aromatic heterocycles. The molecule has 0 radical (unpaired) electrons. The van der Waals surface area contributed by atoms with Crippen molar-refractivity contribution >= 4 is 10.9 Å². The molecule has 0 atom stereocenters. The summed E-state index contributed by atoms with van der Waals surface area (Å²) in [5, 5.41) is 0.937. The molecule has 16 heavy (non-hydrogen) atoms. The largest absolute Gasteiger partial charge is 0.489 e. The van der Waals surface area contributed by atoms with Gasteiger partial charge in [0.1, 0.15) is 12.4 Å². The third-order valence-electron chi connectivity index (χ3n) is 2.47. The molecule has 2 rings (SSSR count). The van der Waals surface area contributed by atoms with Gasteiger partial charge in [0, 0.05) is 18.5 Å². The number of para-hydroxylation sites is 1. The number of benzene rings is 1. The molecule has 2 aromatic rings. The Morgan fingerprint density at radius 1 is 1.44 bits per heavy atom. The molecule has 0 saturated heterocycles. The van der Waals surface area contributed by atoms with Gasteiger partial charge in [-0.05, 0) is 12.1 Å². The highest BCUT2D eigenvalue weighted by molar-refractivity contribution is 5.85. The highest BCUT2D eigenvalue weighted by atomic mass is 16.5. The van der Waals surface area contributed by atoms with Gasteiger partial charge in [-0.2, -0.15) is 0 Å². The molecular weight excluding hydrogens is 202 g/mol. The Labute approximate surface area is 93.6 Å². The molecule has 0 saturated carbocycles. The van der Waals surface area contributed by atoms with Crippen LogP contribution in [0, 0.1) is 0 Å². The minimum atomic E-state index is -0.0715. The number of hydrogen-bond donors (Lipinski definition) is 0. The Kier molecular flexibility index (Phi) is 2.77. The first-order valence-electron chi connectivity index (χ1n) is 5.06. The normalized spacial score (nSPS) is 10.3. The van der Waals surface area contributed by atoms with Crippen molar-refractivity contribution in [3.63, 3.8) is 0 Å². The standard InChI is InChI=1S/C13H13NO2/c1-3-8-16-12-9-13(15)14(2)11-7-5-4-6-10(11)12/h3-7,9H,1,8H2,2H3. The third kappa shape index (κ3) is 1.72. The average Bonchev–Trinajstić information content (AvgIpc) is 2.32. The number of hydrogen-bond acceptors (Lipinski definition) is 2. The fourth-order valence-electron chi connectivity index (χ4n) is 1.65. The molecule has 1 heterocycles. The average molecular weight is 215 g/mol. The zero-order chi connectivity index (χ0) is 11.5. The fraction of sp³-hybridized carbons (Fsp3) is 0.154. The Morgan fingerprint density at radius 2 is 2.19 bits per heavy atom. The maximum absolute atomic E-state index is 11.7. The summed E-state index contributed by atoms with van der Waals surface area (Å²) in [6, 6.07) is 9.17. The second kappa shape index (κ2) is 4.23. The minimum absolute atomic E-state index is 0.0715. The number of rotatable bonds is 3. The van der Waals surface area contributed by atoms with E-state index in [0.29, 0.717) is 12.4 Å². The van der Waals surface area contributed by atoms with Crippen LogP contribution in [0.5, 0.6) is 5.75 Å². The monoisotopic (exact) mass is 215 g/mol. The van der Waals surface area contributed by atoms with E-state index in [4.69, 9.17) is 4.74 Å². The molecule has 0 aliphatic rings. The first-order valence-corrected chi connectivity index (χ1v) is 5.06. The Balaban J connectivity index is 2.69. The van der Waals surface area contributed by atoms with E-state index in [0.717, 1.165) is 10.9 Å². The lowest BCUT2D eigenvalue weighted by atomic mass is 10.2. The van der Waals surface area contributed by atoms with Crippen LogP contribution in [0.3, 0.4) is 0 Å². The molecule has 82 valence electrons. The quantitative estimate of drug-likeness (QED) is 0.734. The lowest BCUT2D eigenvalue weighted by Crippen LogP contribution is -2.16. The van der Waals surface area contributed by atoms with Gasteiger partial charge in [0.05, 0.1) is 5.52 Å². The van der Waals surface area contributed by atoms with E-state index < -0.39 is 0 Å². The molecule has 1 aromatic carbocycles. The SMILES string of the molecule is C=CCOc1cc(=O)n(C)c2ccccc12. The van der Waals surface area contributed by atoms with Crippen molar-refractivity contribution in [1.29, 1.82) is 0 Å². The summed E-state index contributed by atoms with van der Waals surface area (Å²) in [5.74, 6) is 0.610. The predicted molar refractivity (Wildman–Crippen MR) is 64.9 cm³/mol. The summed E-state index contributed by atoms with van der Waals surface area (Å²) in [6.45, 7) is 3.99. The first kappa shape index (κ1) is 10.5. The summed E-state index contributed by atoms with van der Waals surface area (Å²) in [4.78, 5) is 11.7. The predicted octanol–water partition coefficient (Wildman–Crippen LogP) is 2.10. The van der Waals surface area contributed by atoms with E-state index in [-0.39, 0.29) is 5.56 Å². The first-order chi connectivity index (χ1) is 7.74. The zero-order valence-electron chi connectivity index (χ0n) is 9.14. The van der Waals surface area contributed by atoms with E-state index in [9.17, 15) is 4.79 Å². The van der Waals surface area contributed by atoms with Gasteiger partial charge in [0.2, 0.25) is 0 Å². The van der Waals surface area contributed by atoms with E-state index in [1.807, 2.05) is 24.3 Å². The summed E-state index contributed by atoms with van der Waals surface area (Å²) in [5.41, 5.74) is 0.798. The third-order valence-corrected chi connectivity index (χ3v) is 2.47. The fourth-order valence-corrected chi connectivity index (χ4v) is 1.65. The Morgan fingerprint density at radius 3 is 2.94 bits per heavy atom. The van der Waals surface area contributed by atoms with Crippen molar-refractivity contribution in [1.82, 2.24) is 4.57 Å². The molecule has 3 nitrogen and oxygen atoms in total. The number of fused-ring (bicyclic) bond motifs is 1. The number of aryl methyl sites for hydroxylation is 1. The van der Waals surface area contributed by atoms with Crippen molar-refractivity contribution in [2.45, 2.75) is 0 Å². The van der Waals surface area contributed by atoms with Crippen LogP contribution in [0.25, 0.3) is 10.9 Å². The van der Waals surface area contributed by atoms with Crippen LogP contribution in [-0.4, -0.2) is 11.2 Å². The smallest absolute Gasteiger partial charge is 0.254 e. The van der Waals surface area contributed by atoms with Gasteiger partial charge in [-0.25, -0.2) is 0 Å². The topological polar surface area (TPSA) is 31.2 Å². The number of aromatic nitrogens is 1. The van der Waals surface area contributed by atoms with Crippen molar-refractivity contribution < 1.29 is 4.74 Å². The Hall–Kier alpha value is -2.03. The van der Waals surface area contributed by atoms with Crippen LogP contribution in [0.4, 0.5) is 0 Å². The maximum atomic E-state index is 11.7. The van der Waals surface area contributed by atoms with Crippen LogP contribution in [0.2, 0.25) is 0 Å². The van der Waals surface area contributed by atoms with Crippen LogP contribution in [-0.2, 0) is 7.05 Å². The van der Waals surface area contributed by atoms with Crippen molar-refractivity contribution in [3.8, 4) is 5.75 Å². The molecule has 0 aliphatic heterocycles. The lowest BCUT2D eigenvalue weighted by molar-refractivity contribution is 0.366. The van der Waals surface area contributed by atoms with E-state index >= 15 is 0 Å². The molecule has 0 bridgehead atoms. The van der Waals surface area contributed by atoms with Gasteiger partial charge in [0.25, 0.3) is 5.56 Å². The van der Waals surface area contributed by atoms with E-state index in [2.05, 4.69) is 6.58 Å². The van der Waals surface area contributed by atoms with Gasteiger partial charge < -0.3 is 9.30 Å². The molecule has 0 fully saturated rings. The number of nitrogens with zero attached hydrogens (tertiary/aromatic N) is 1. The highest BCUT2D eigenvalue weighted by Crippen LogP contribution is 2.22. The van der Waals surface area contributed by atoms with Crippen LogP contribution in [0.1, 0.15) is 0 Å². The van der Waals surface area contributed by atoms with Crippen molar-refractivity contribution in [3.05, 3.63) is 53.3 Å². The van der Waals surface area contributed by atoms with Crippen molar-refractivity contribution in [2.75, 3.05) is 6.61 Å². The second-order valence-corrected chi connectivity index (χ2v) is 3.52. The van der Waals surface area contributed by atoms with Gasteiger partial charge >= 0.3 is 0 Å². The molecule has 0 amide bonds. The Bertz CT molecular complexity index is 584. The van der Waals surface area contributed by atoms with Gasteiger partial charge in [0.15, 0.2) is 0 Å². The second-order valence-electron chi connectivity index (χ2n) is 3.52. The summed E-state index contributed by atoms with van der Waals surface area (Å²) in [7, 11) is 1.75. The number of ether oxygens (including phenoxy) is 1.